The van der Waals surface area contributed by atoms with Gasteiger partial charge in [-0.1, -0.05) is 39.0 Å². The Kier molecular flexibility index (Phi) is 5.38. The molecule has 8 heteroatoms. The Bertz CT molecular complexity index is 1020. The van der Waals surface area contributed by atoms with Crippen molar-refractivity contribution in [3.63, 3.8) is 0 Å². The van der Waals surface area contributed by atoms with Crippen molar-refractivity contribution in [3.8, 4) is 0 Å². The van der Waals surface area contributed by atoms with Gasteiger partial charge in [0.15, 0.2) is 10.9 Å². The number of aryl methyl sites for hydroxylation is 1. The molecule has 1 N–H and O–H groups in total. The summed E-state index contributed by atoms with van der Waals surface area (Å²) in [4.78, 5) is 35.2. The molecule has 4 rings (SSSR count). The number of benzene rings is 1. The third-order valence-corrected chi connectivity index (χ3v) is 6.64. The SMILES string of the molecule is O=C(Nc1nc2c(s1)C(=O)CCC2)c1cccnc1Sc1ccc(Br)cc1. The van der Waals surface area contributed by atoms with Crippen LogP contribution in [0.15, 0.2) is 57.0 Å². The molecule has 0 saturated carbocycles. The molecule has 1 aromatic carbocycles. The largest absolute Gasteiger partial charge is 0.298 e. The number of ketones is 1. The van der Waals surface area contributed by atoms with E-state index in [4.69, 9.17) is 0 Å². The van der Waals surface area contributed by atoms with Gasteiger partial charge >= 0.3 is 0 Å². The van der Waals surface area contributed by atoms with Crippen LogP contribution in [-0.2, 0) is 6.42 Å². The number of fused-ring (bicyclic) bond motifs is 1. The number of halogens is 1. The fourth-order valence-corrected chi connectivity index (χ4v) is 4.86. The van der Waals surface area contributed by atoms with E-state index in [2.05, 4.69) is 31.2 Å². The highest BCUT2D eigenvalue weighted by Gasteiger charge is 2.23. The molecule has 1 amide bonds. The van der Waals surface area contributed by atoms with Crippen LogP contribution in [0, 0.1) is 0 Å². The number of rotatable bonds is 4. The number of aromatic nitrogens is 2. The van der Waals surface area contributed by atoms with Gasteiger partial charge in [-0.15, -0.1) is 0 Å². The first-order valence-corrected chi connectivity index (χ1v) is 10.8. The predicted molar refractivity (Wildman–Crippen MR) is 110 cm³/mol. The van der Waals surface area contributed by atoms with Crippen LogP contribution < -0.4 is 5.32 Å². The molecule has 27 heavy (non-hydrogen) atoms. The number of hydrogen-bond acceptors (Lipinski definition) is 6. The summed E-state index contributed by atoms with van der Waals surface area (Å²) >= 11 is 6.09. The minimum Gasteiger partial charge on any atom is -0.298 e. The number of amides is 1. The third kappa shape index (κ3) is 4.12. The molecule has 3 aromatic rings. The maximum Gasteiger partial charge on any atom is 0.260 e. The summed E-state index contributed by atoms with van der Waals surface area (Å²) in [7, 11) is 0. The van der Waals surface area contributed by atoms with E-state index in [0.717, 1.165) is 27.9 Å². The number of anilines is 1. The zero-order valence-electron chi connectivity index (χ0n) is 14.1. The predicted octanol–water partition coefficient (Wildman–Crippen LogP) is 5.22. The third-order valence-electron chi connectivity index (χ3n) is 4.03. The van der Waals surface area contributed by atoms with Crippen LogP contribution in [0.5, 0.6) is 0 Å². The second-order valence-corrected chi connectivity index (χ2v) is 8.91. The van der Waals surface area contributed by atoms with Gasteiger partial charge < -0.3 is 0 Å². The van der Waals surface area contributed by atoms with Gasteiger partial charge in [-0.05, 0) is 49.2 Å². The fourth-order valence-electron chi connectivity index (χ4n) is 2.75. The number of carbonyl (C=O) groups is 2. The molecule has 136 valence electrons. The highest BCUT2D eigenvalue weighted by molar-refractivity contribution is 9.10. The molecular weight excluding hydrogens is 446 g/mol. The van der Waals surface area contributed by atoms with Crippen molar-refractivity contribution < 1.29 is 9.59 Å². The zero-order chi connectivity index (χ0) is 18.8. The van der Waals surface area contributed by atoms with Gasteiger partial charge in [0, 0.05) is 22.0 Å². The van der Waals surface area contributed by atoms with Crippen LogP contribution >= 0.6 is 39.0 Å². The van der Waals surface area contributed by atoms with Gasteiger partial charge in [0.25, 0.3) is 5.91 Å². The van der Waals surface area contributed by atoms with Crippen LogP contribution in [0.25, 0.3) is 0 Å². The van der Waals surface area contributed by atoms with Crippen LogP contribution in [0.1, 0.15) is 38.6 Å². The highest BCUT2D eigenvalue weighted by Crippen LogP contribution is 2.32. The van der Waals surface area contributed by atoms with Gasteiger partial charge in [0.05, 0.1) is 16.1 Å². The Hall–Kier alpha value is -2.03. The average molecular weight is 460 g/mol. The molecule has 0 saturated heterocycles. The quantitative estimate of drug-likeness (QED) is 0.578. The molecule has 0 radical (unpaired) electrons. The lowest BCUT2D eigenvalue weighted by Gasteiger charge is -2.07. The summed E-state index contributed by atoms with van der Waals surface area (Å²) in [6.45, 7) is 0. The van der Waals surface area contributed by atoms with E-state index >= 15 is 0 Å². The molecule has 0 bridgehead atoms. The molecule has 0 atom stereocenters. The maximum absolute atomic E-state index is 12.8. The van der Waals surface area contributed by atoms with Crippen LogP contribution in [0.2, 0.25) is 0 Å². The van der Waals surface area contributed by atoms with Crippen molar-refractivity contribution in [2.24, 2.45) is 0 Å². The molecule has 0 aliphatic heterocycles. The van der Waals surface area contributed by atoms with Crippen LogP contribution in [-0.4, -0.2) is 21.7 Å². The number of pyridine rings is 1. The second kappa shape index (κ2) is 7.92. The van der Waals surface area contributed by atoms with Gasteiger partial charge in [-0.2, -0.15) is 0 Å². The lowest BCUT2D eigenvalue weighted by molar-refractivity contribution is 0.0975. The minimum absolute atomic E-state index is 0.113. The van der Waals surface area contributed by atoms with Crippen molar-refractivity contribution in [1.82, 2.24) is 9.97 Å². The summed E-state index contributed by atoms with van der Waals surface area (Å²) in [6.07, 6.45) is 3.82. The van der Waals surface area contributed by atoms with E-state index in [0.29, 0.717) is 27.0 Å². The van der Waals surface area contributed by atoms with E-state index in [9.17, 15) is 9.59 Å². The monoisotopic (exact) mass is 459 g/mol. The Labute approximate surface area is 172 Å². The van der Waals surface area contributed by atoms with Gasteiger partial charge in [0.1, 0.15) is 5.03 Å². The molecule has 1 aliphatic carbocycles. The molecular formula is C19H14BrN3O2S2. The minimum atomic E-state index is -0.277. The van der Waals surface area contributed by atoms with Gasteiger partial charge in [-0.3, -0.25) is 14.9 Å². The molecule has 2 aromatic heterocycles. The standard InChI is InChI=1S/C19H14BrN3O2S2/c20-11-6-8-12(9-7-11)26-18-13(3-2-10-21-18)17(25)23-19-22-14-4-1-5-15(24)16(14)27-19/h2-3,6-10H,1,4-5H2,(H,22,23,25). The summed E-state index contributed by atoms with van der Waals surface area (Å²) in [5, 5.41) is 3.91. The Morgan fingerprint density at radius 2 is 2.00 bits per heavy atom. The number of carbonyl (C=O) groups excluding carboxylic acids is 2. The van der Waals surface area contributed by atoms with Crippen molar-refractivity contribution in [2.75, 3.05) is 5.32 Å². The Morgan fingerprint density at radius 3 is 2.78 bits per heavy atom. The van der Waals surface area contributed by atoms with E-state index in [-0.39, 0.29) is 11.7 Å². The van der Waals surface area contributed by atoms with E-state index in [1.165, 1.54) is 23.1 Å². The molecule has 0 spiro atoms. The molecule has 0 fully saturated rings. The number of nitrogens with zero attached hydrogens (tertiary/aromatic N) is 2. The van der Waals surface area contributed by atoms with E-state index in [1.807, 2.05) is 24.3 Å². The second-order valence-electron chi connectivity index (χ2n) is 5.94. The molecule has 5 nitrogen and oxygen atoms in total. The van der Waals surface area contributed by atoms with Crippen molar-refractivity contribution in [2.45, 2.75) is 29.2 Å². The van der Waals surface area contributed by atoms with Crippen molar-refractivity contribution in [3.05, 3.63) is 63.2 Å². The van der Waals surface area contributed by atoms with E-state index in [1.54, 1.807) is 18.3 Å². The van der Waals surface area contributed by atoms with Crippen LogP contribution in [0.3, 0.4) is 0 Å². The topological polar surface area (TPSA) is 72.0 Å². The smallest absolute Gasteiger partial charge is 0.260 e. The molecule has 2 heterocycles. The summed E-state index contributed by atoms with van der Waals surface area (Å²) in [5.74, 6) is -0.164. The van der Waals surface area contributed by atoms with Gasteiger partial charge in [0.2, 0.25) is 0 Å². The zero-order valence-corrected chi connectivity index (χ0v) is 17.3. The lowest BCUT2D eigenvalue weighted by Crippen LogP contribution is -2.13. The molecule has 0 unspecified atom stereocenters. The fraction of sp³-hybridized carbons (Fsp3) is 0.158. The first-order chi connectivity index (χ1) is 13.1. The van der Waals surface area contributed by atoms with Crippen LogP contribution in [0.4, 0.5) is 5.13 Å². The Morgan fingerprint density at radius 1 is 1.19 bits per heavy atom. The lowest BCUT2D eigenvalue weighted by atomic mass is 10.0. The van der Waals surface area contributed by atoms with Crippen molar-refractivity contribution in [1.29, 1.82) is 0 Å². The average Bonchev–Trinajstić information content (AvgIpc) is 3.08. The van der Waals surface area contributed by atoms with Crippen molar-refractivity contribution >= 4 is 55.9 Å². The summed E-state index contributed by atoms with van der Waals surface area (Å²) in [6, 6.07) is 11.3. The highest BCUT2D eigenvalue weighted by atomic mass is 79.9. The summed E-state index contributed by atoms with van der Waals surface area (Å²) < 4.78 is 0.994. The summed E-state index contributed by atoms with van der Waals surface area (Å²) in [5.41, 5.74) is 1.27. The van der Waals surface area contributed by atoms with Gasteiger partial charge in [-0.25, -0.2) is 9.97 Å². The van der Waals surface area contributed by atoms with E-state index < -0.39 is 0 Å². The number of nitrogens with one attached hydrogen (secondary N) is 1. The molecule has 1 aliphatic rings. The Balaban J connectivity index is 1.55. The number of hydrogen-bond donors (Lipinski definition) is 1. The maximum atomic E-state index is 12.8. The number of Topliss-reactive ketones (excluding diaryl/α,β-unsaturated/α-hetero) is 1. The first-order valence-electron chi connectivity index (χ1n) is 8.33. The normalized spacial score (nSPS) is 13.3. The first kappa shape index (κ1) is 18.3. The number of thiazole rings is 1.